The molecule has 0 radical (unpaired) electrons. The quantitative estimate of drug-likeness (QED) is 0.283. The van der Waals surface area contributed by atoms with Crippen molar-refractivity contribution in [1.29, 1.82) is 0 Å². The number of aryl methyl sites for hydroxylation is 2. The molecule has 9 heteroatoms. The van der Waals surface area contributed by atoms with Crippen LogP contribution in [0, 0.1) is 0 Å². The second-order valence-corrected chi connectivity index (χ2v) is 9.35. The second-order valence-electron chi connectivity index (χ2n) is 8.94. The number of hydrogen-bond donors (Lipinski definition) is 0. The van der Waals surface area contributed by atoms with E-state index in [4.69, 9.17) is 36.0 Å². The summed E-state index contributed by atoms with van der Waals surface area (Å²) in [5.74, 6) is 1.34. The normalized spacial score (nSPS) is 11.4. The van der Waals surface area contributed by atoms with Crippen LogP contribution in [0.4, 0.5) is 0 Å². The maximum atomic E-state index is 13.8. The number of para-hydroxylation sites is 2. The Morgan fingerprint density at radius 3 is 2.37 bits per heavy atom. The standard InChI is InChI=1S/C29H24ClN5O3/c1-37-23-12-11-18(15-24(23)38-2)13-14-35-27-25(26-28(35)33-22-10-6-5-9-21(22)32-26)29(36)34(17-31-27)16-19-7-3-4-8-20(19)30/h3-12,15,17H,13-14,16H2,1-2H3. The molecule has 6 rings (SSSR count). The van der Waals surface area contributed by atoms with Gasteiger partial charge in [0.05, 0.1) is 31.8 Å². The number of rotatable bonds is 7. The molecule has 0 spiro atoms. The highest BCUT2D eigenvalue weighted by atomic mass is 35.5. The summed E-state index contributed by atoms with van der Waals surface area (Å²) in [4.78, 5) is 28.3. The summed E-state index contributed by atoms with van der Waals surface area (Å²) < 4.78 is 14.4. The molecule has 0 aliphatic heterocycles. The lowest BCUT2D eigenvalue weighted by Gasteiger charge is -2.11. The van der Waals surface area contributed by atoms with Gasteiger partial charge in [0.15, 0.2) is 22.8 Å². The Hall–Kier alpha value is -4.43. The highest BCUT2D eigenvalue weighted by molar-refractivity contribution is 6.31. The molecule has 0 aliphatic carbocycles. The van der Waals surface area contributed by atoms with Crippen LogP contribution in [0.25, 0.3) is 33.2 Å². The summed E-state index contributed by atoms with van der Waals surface area (Å²) in [5, 5.41) is 1.04. The molecule has 6 aromatic rings. The fourth-order valence-corrected chi connectivity index (χ4v) is 4.95. The first kappa shape index (κ1) is 23.9. The highest BCUT2D eigenvalue weighted by Gasteiger charge is 2.20. The van der Waals surface area contributed by atoms with E-state index < -0.39 is 0 Å². The third-order valence-corrected chi connectivity index (χ3v) is 7.06. The van der Waals surface area contributed by atoms with Crippen LogP contribution in [0.5, 0.6) is 11.5 Å². The molecule has 190 valence electrons. The second kappa shape index (κ2) is 9.79. The van der Waals surface area contributed by atoms with Gasteiger partial charge in [-0.05, 0) is 47.9 Å². The molecule has 8 nitrogen and oxygen atoms in total. The summed E-state index contributed by atoms with van der Waals surface area (Å²) >= 11 is 6.37. The molecule has 0 N–H and O–H groups in total. The van der Waals surface area contributed by atoms with Crippen LogP contribution in [0.1, 0.15) is 11.1 Å². The zero-order valence-corrected chi connectivity index (χ0v) is 21.6. The molecule has 0 saturated carbocycles. The lowest BCUT2D eigenvalue weighted by atomic mass is 10.1. The van der Waals surface area contributed by atoms with Gasteiger partial charge in [-0.3, -0.25) is 9.36 Å². The predicted molar refractivity (Wildman–Crippen MR) is 148 cm³/mol. The summed E-state index contributed by atoms with van der Waals surface area (Å²) in [6.45, 7) is 0.851. The van der Waals surface area contributed by atoms with Gasteiger partial charge >= 0.3 is 0 Å². The molecular formula is C29H24ClN5O3. The number of aromatic nitrogens is 5. The van der Waals surface area contributed by atoms with Crippen LogP contribution >= 0.6 is 11.6 Å². The molecule has 0 unspecified atom stereocenters. The first-order valence-electron chi connectivity index (χ1n) is 12.2. The van der Waals surface area contributed by atoms with Crippen LogP contribution in [0.3, 0.4) is 0 Å². The van der Waals surface area contributed by atoms with Crippen molar-refractivity contribution in [2.24, 2.45) is 0 Å². The Labute approximate surface area is 223 Å². The van der Waals surface area contributed by atoms with Crippen molar-refractivity contribution in [3.05, 3.63) is 99.6 Å². The number of methoxy groups -OCH3 is 2. The van der Waals surface area contributed by atoms with E-state index in [1.807, 2.05) is 71.3 Å². The van der Waals surface area contributed by atoms with E-state index in [0.29, 0.717) is 58.2 Å². The number of ether oxygens (including phenoxy) is 2. The average molecular weight is 526 g/mol. The molecule has 3 heterocycles. The van der Waals surface area contributed by atoms with E-state index in [2.05, 4.69) is 0 Å². The third kappa shape index (κ3) is 4.13. The third-order valence-electron chi connectivity index (χ3n) is 6.69. The van der Waals surface area contributed by atoms with Crippen LogP contribution < -0.4 is 15.0 Å². The molecule has 38 heavy (non-hydrogen) atoms. The van der Waals surface area contributed by atoms with Gasteiger partial charge < -0.3 is 14.0 Å². The van der Waals surface area contributed by atoms with Crippen molar-refractivity contribution >= 4 is 44.8 Å². The van der Waals surface area contributed by atoms with Gasteiger partial charge in [-0.2, -0.15) is 0 Å². The van der Waals surface area contributed by atoms with E-state index in [-0.39, 0.29) is 5.56 Å². The lowest BCUT2D eigenvalue weighted by Crippen LogP contribution is -2.21. The largest absolute Gasteiger partial charge is 0.493 e. The number of fused-ring (bicyclic) bond motifs is 4. The zero-order valence-electron chi connectivity index (χ0n) is 20.9. The van der Waals surface area contributed by atoms with Gasteiger partial charge in [-0.1, -0.05) is 48.0 Å². The van der Waals surface area contributed by atoms with E-state index in [0.717, 1.165) is 22.2 Å². The zero-order chi connectivity index (χ0) is 26.2. The highest BCUT2D eigenvalue weighted by Crippen LogP contribution is 2.29. The van der Waals surface area contributed by atoms with Gasteiger partial charge in [-0.25, -0.2) is 15.0 Å². The van der Waals surface area contributed by atoms with Gasteiger partial charge in [-0.15, -0.1) is 0 Å². The number of nitrogens with zero attached hydrogens (tertiary/aromatic N) is 5. The maximum absolute atomic E-state index is 13.8. The van der Waals surface area contributed by atoms with Crippen LogP contribution in [0.2, 0.25) is 5.02 Å². The molecule has 0 aliphatic rings. The SMILES string of the molecule is COc1ccc(CCn2c3nc4ccccc4nc3c3c(=O)n(Cc4ccccc4Cl)cnc32)cc1OC. The Balaban J connectivity index is 1.50. The molecular weight excluding hydrogens is 502 g/mol. The van der Waals surface area contributed by atoms with E-state index >= 15 is 0 Å². The Morgan fingerprint density at radius 1 is 0.868 bits per heavy atom. The minimum atomic E-state index is -0.186. The minimum absolute atomic E-state index is 0.186. The van der Waals surface area contributed by atoms with Crippen LogP contribution in [-0.4, -0.2) is 38.3 Å². The van der Waals surface area contributed by atoms with Gasteiger partial charge in [0.2, 0.25) is 0 Å². The van der Waals surface area contributed by atoms with Gasteiger partial charge in [0.1, 0.15) is 17.2 Å². The molecule has 0 fully saturated rings. The van der Waals surface area contributed by atoms with Gasteiger partial charge in [0.25, 0.3) is 5.56 Å². The van der Waals surface area contributed by atoms with Crippen molar-refractivity contribution in [1.82, 2.24) is 24.1 Å². The lowest BCUT2D eigenvalue weighted by molar-refractivity contribution is 0.354. The van der Waals surface area contributed by atoms with Crippen molar-refractivity contribution < 1.29 is 9.47 Å². The van der Waals surface area contributed by atoms with E-state index in [1.54, 1.807) is 25.1 Å². The van der Waals surface area contributed by atoms with Gasteiger partial charge in [0, 0.05) is 11.6 Å². The number of hydrogen-bond acceptors (Lipinski definition) is 6. The van der Waals surface area contributed by atoms with Crippen molar-refractivity contribution in [2.45, 2.75) is 19.5 Å². The van der Waals surface area contributed by atoms with E-state index in [1.165, 1.54) is 0 Å². The van der Waals surface area contributed by atoms with Crippen LogP contribution in [0.15, 0.2) is 77.9 Å². The van der Waals surface area contributed by atoms with Crippen molar-refractivity contribution in [3.8, 4) is 11.5 Å². The summed E-state index contributed by atoms with van der Waals surface area (Å²) in [7, 11) is 3.23. The Bertz CT molecular complexity index is 1880. The first-order valence-corrected chi connectivity index (χ1v) is 12.5. The first-order chi connectivity index (χ1) is 18.6. The van der Waals surface area contributed by atoms with Crippen LogP contribution in [-0.2, 0) is 19.5 Å². The number of benzene rings is 3. The summed E-state index contributed by atoms with van der Waals surface area (Å²) in [6.07, 6.45) is 2.23. The molecule has 0 atom stereocenters. The summed E-state index contributed by atoms with van der Waals surface area (Å²) in [6, 6.07) is 21.0. The Morgan fingerprint density at radius 2 is 1.61 bits per heavy atom. The summed E-state index contributed by atoms with van der Waals surface area (Å²) in [5.41, 5.74) is 4.90. The number of halogens is 1. The molecule has 0 amide bonds. The van der Waals surface area contributed by atoms with Crippen molar-refractivity contribution in [2.75, 3.05) is 14.2 Å². The maximum Gasteiger partial charge on any atom is 0.265 e. The van der Waals surface area contributed by atoms with E-state index in [9.17, 15) is 4.79 Å². The molecule has 3 aromatic carbocycles. The smallest absolute Gasteiger partial charge is 0.265 e. The molecule has 3 aromatic heterocycles. The minimum Gasteiger partial charge on any atom is -0.493 e. The fraction of sp³-hybridized carbons (Fsp3) is 0.172. The predicted octanol–water partition coefficient (Wildman–Crippen LogP) is 5.26. The molecule has 0 saturated heterocycles. The average Bonchev–Trinajstić information content (AvgIpc) is 3.25. The topological polar surface area (TPSA) is 84.1 Å². The molecule has 0 bridgehead atoms. The Kier molecular flexibility index (Phi) is 6.17. The fourth-order valence-electron chi connectivity index (χ4n) is 4.75. The van der Waals surface area contributed by atoms with Crippen molar-refractivity contribution in [3.63, 3.8) is 0 Å². The monoisotopic (exact) mass is 525 g/mol.